The third-order valence-electron chi connectivity index (χ3n) is 7.79. The number of hydrogen-bond acceptors (Lipinski definition) is 6. The molecule has 6 nitrogen and oxygen atoms in total. The maximum atomic E-state index is 15.1. The fourth-order valence-corrected chi connectivity index (χ4v) is 5.42. The van der Waals surface area contributed by atoms with Gasteiger partial charge in [0.2, 0.25) is 0 Å². The molecule has 0 saturated carbocycles. The molecule has 0 amide bonds. The molecule has 0 aliphatic heterocycles. The first kappa shape index (κ1) is 29.7. The molecule has 0 fully saturated rings. The number of phenols is 1. The number of likely N-dealkylation sites (N-methyl/N-ethyl adjacent to an activating group) is 1. The second-order valence-corrected chi connectivity index (χ2v) is 10.9. The van der Waals surface area contributed by atoms with Crippen LogP contribution < -0.4 is 14.4 Å². The van der Waals surface area contributed by atoms with E-state index in [-0.39, 0.29) is 17.6 Å². The van der Waals surface area contributed by atoms with Gasteiger partial charge in [-0.2, -0.15) is 0 Å². The Morgan fingerprint density at radius 2 is 1.77 bits per heavy atom. The number of phenolic OH excluding ortho intramolecular Hbond substituents is 1. The van der Waals surface area contributed by atoms with E-state index < -0.39 is 0 Å². The van der Waals surface area contributed by atoms with Crippen molar-refractivity contribution in [1.29, 1.82) is 0 Å². The van der Waals surface area contributed by atoms with Crippen LogP contribution >= 0.6 is 0 Å². The second-order valence-electron chi connectivity index (χ2n) is 10.9. The quantitative estimate of drug-likeness (QED) is 0.274. The first-order valence-electron chi connectivity index (χ1n) is 14.1. The third-order valence-corrected chi connectivity index (χ3v) is 7.79. The number of methoxy groups -OCH3 is 2. The smallest absolute Gasteiger partial charge is 0.165 e. The van der Waals surface area contributed by atoms with Crippen molar-refractivity contribution in [2.45, 2.75) is 51.6 Å². The van der Waals surface area contributed by atoms with E-state index in [1.54, 1.807) is 32.4 Å². The Balaban J connectivity index is 1.53. The number of hydrogen-bond donors (Lipinski definition) is 1. The molecule has 216 valence electrons. The van der Waals surface area contributed by atoms with Crippen molar-refractivity contribution in [3.63, 3.8) is 0 Å². The van der Waals surface area contributed by atoms with Gasteiger partial charge < -0.3 is 29.1 Å². The molecule has 1 aliphatic carbocycles. The number of aryl methyl sites for hydroxylation is 1. The summed E-state index contributed by atoms with van der Waals surface area (Å²) in [4.78, 5) is 4.42. The lowest BCUT2D eigenvalue weighted by atomic mass is 9.79. The Labute approximate surface area is 238 Å². The third kappa shape index (κ3) is 7.46. The molecule has 0 unspecified atom stereocenters. The summed E-state index contributed by atoms with van der Waals surface area (Å²) >= 11 is 0. The van der Waals surface area contributed by atoms with E-state index in [1.165, 1.54) is 16.7 Å². The maximum Gasteiger partial charge on any atom is 0.165 e. The van der Waals surface area contributed by atoms with Crippen LogP contribution in [0, 0.1) is 5.82 Å². The maximum absolute atomic E-state index is 15.1. The molecule has 0 aromatic heterocycles. The molecule has 4 rings (SSSR count). The van der Waals surface area contributed by atoms with E-state index in [2.05, 4.69) is 35.8 Å². The highest BCUT2D eigenvalue weighted by molar-refractivity contribution is 5.60. The Hall–Kier alpha value is -3.29. The number of rotatable bonds is 13. The summed E-state index contributed by atoms with van der Waals surface area (Å²) in [5, 5.41) is 9.92. The summed E-state index contributed by atoms with van der Waals surface area (Å²) < 4.78 is 31.5. The Morgan fingerprint density at radius 1 is 0.975 bits per heavy atom. The molecule has 0 heterocycles. The number of aromatic hydroxyl groups is 1. The summed E-state index contributed by atoms with van der Waals surface area (Å²) in [6.07, 6.45) is 2.85. The minimum atomic E-state index is -0.348. The van der Waals surface area contributed by atoms with Gasteiger partial charge in [0, 0.05) is 44.5 Å². The molecule has 3 aromatic carbocycles. The first-order valence-corrected chi connectivity index (χ1v) is 14.1. The molecule has 0 radical (unpaired) electrons. The number of nitrogens with zero attached hydrogens (tertiary/aromatic N) is 2. The van der Waals surface area contributed by atoms with Crippen LogP contribution in [-0.2, 0) is 24.1 Å². The van der Waals surface area contributed by atoms with Crippen molar-refractivity contribution in [2.75, 3.05) is 52.5 Å². The van der Waals surface area contributed by atoms with Crippen molar-refractivity contribution in [1.82, 2.24) is 4.90 Å². The molecule has 1 N–H and O–H groups in total. The number of benzene rings is 3. The molecule has 0 saturated heterocycles. The molecular formula is C33H43FN2O4. The van der Waals surface area contributed by atoms with E-state index in [0.29, 0.717) is 38.0 Å². The highest BCUT2D eigenvalue weighted by Gasteiger charge is 2.26. The van der Waals surface area contributed by atoms with Gasteiger partial charge in [0.25, 0.3) is 0 Å². The van der Waals surface area contributed by atoms with Gasteiger partial charge in [0.1, 0.15) is 18.1 Å². The van der Waals surface area contributed by atoms with Gasteiger partial charge >= 0.3 is 0 Å². The molecular weight excluding hydrogens is 507 g/mol. The number of ether oxygens (including phenoxy) is 3. The van der Waals surface area contributed by atoms with Crippen LogP contribution in [0.3, 0.4) is 0 Å². The topological polar surface area (TPSA) is 54.4 Å². The van der Waals surface area contributed by atoms with E-state index in [4.69, 9.17) is 14.2 Å². The number of halogens is 1. The molecule has 1 aliphatic rings. The van der Waals surface area contributed by atoms with Crippen LogP contribution in [0.4, 0.5) is 10.1 Å². The zero-order valence-corrected chi connectivity index (χ0v) is 24.5. The van der Waals surface area contributed by atoms with Crippen molar-refractivity contribution >= 4 is 5.69 Å². The summed E-state index contributed by atoms with van der Waals surface area (Å²) in [5.41, 5.74) is 5.78. The number of anilines is 1. The first-order chi connectivity index (χ1) is 19.3. The fraction of sp³-hybridized carbons (Fsp3) is 0.455. The average molecular weight is 551 g/mol. The van der Waals surface area contributed by atoms with Crippen LogP contribution in [0.15, 0.2) is 54.6 Å². The zero-order chi connectivity index (χ0) is 28.6. The highest BCUT2D eigenvalue weighted by Crippen LogP contribution is 2.40. The largest absolute Gasteiger partial charge is 0.508 e. The SMILES string of the molecule is COCCN(C)CCOc1ccc(CN(c2cc(OC)ccc2[C@@H]2CCc3cc(O)ccc3C2)C(C)C)cc1F. The summed E-state index contributed by atoms with van der Waals surface area (Å²) in [6, 6.07) is 17.5. The normalized spacial score (nSPS) is 14.8. The summed E-state index contributed by atoms with van der Waals surface area (Å²) in [5.74, 6) is 1.39. The fourth-order valence-electron chi connectivity index (χ4n) is 5.42. The lowest BCUT2D eigenvalue weighted by molar-refractivity contribution is 0.149. The van der Waals surface area contributed by atoms with Gasteiger partial charge in [-0.3, -0.25) is 0 Å². The summed E-state index contributed by atoms with van der Waals surface area (Å²) in [7, 11) is 5.36. The predicted molar refractivity (Wildman–Crippen MR) is 158 cm³/mol. The molecule has 40 heavy (non-hydrogen) atoms. The van der Waals surface area contributed by atoms with Crippen molar-refractivity contribution in [2.24, 2.45) is 0 Å². The van der Waals surface area contributed by atoms with Crippen LogP contribution in [-0.4, -0.2) is 63.6 Å². The Kier molecular flexibility index (Phi) is 10.3. The standard InChI is InChI=1S/C33H43FN2O4/c1-23(2)36(22-24-6-13-33(31(34)18-24)40-17-15-35(3)14-16-38-4)32-21-29(39-5)11-12-30(32)27-8-7-26-20-28(37)10-9-25(26)19-27/h6,9-13,18,20-21,23,27,37H,7-8,14-17,19,22H2,1-5H3/t27-/m1/s1. The molecule has 0 spiro atoms. The van der Waals surface area contributed by atoms with Gasteiger partial charge in [0.15, 0.2) is 11.6 Å². The van der Waals surface area contributed by atoms with Crippen molar-refractivity contribution < 1.29 is 23.7 Å². The van der Waals surface area contributed by atoms with E-state index in [1.807, 2.05) is 31.3 Å². The van der Waals surface area contributed by atoms with Crippen LogP contribution in [0.1, 0.15) is 48.4 Å². The average Bonchev–Trinajstić information content (AvgIpc) is 2.95. The monoisotopic (exact) mass is 550 g/mol. The van der Waals surface area contributed by atoms with Crippen molar-refractivity contribution in [3.8, 4) is 17.2 Å². The minimum absolute atomic E-state index is 0.181. The van der Waals surface area contributed by atoms with Gasteiger partial charge in [-0.15, -0.1) is 0 Å². The number of fused-ring (bicyclic) bond motifs is 1. The van der Waals surface area contributed by atoms with Gasteiger partial charge in [-0.1, -0.05) is 18.2 Å². The summed E-state index contributed by atoms with van der Waals surface area (Å²) in [6.45, 7) is 7.44. The lowest BCUT2D eigenvalue weighted by Gasteiger charge is -2.35. The lowest BCUT2D eigenvalue weighted by Crippen LogP contribution is -2.32. The van der Waals surface area contributed by atoms with Crippen LogP contribution in [0.25, 0.3) is 0 Å². The molecule has 1 atom stereocenters. The second kappa shape index (κ2) is 13.9. The molecule has 3 aromatic rings. The van der Waals surface area contributed by atoms with Crippen LogP contribution in [0.5, 0.6) is 17.2 Å². The minimum Gasteiger partial charge on any atom is -0.508 e. The predicted octanol–water partition coefficient (Wildman–Crippen LogP) is 6.18. The molecule has 0 bridgehead atoms. The van der Waals surface area contributed by atoms with Crippen molar-refractivity contribution in [3.05, 3.63) is 82.7 Å². The van der Waals surface area contributed by atoms with E-state index in [9.17, 15) is 5.11 Å². The Morgan fingerprint density at radius 3 is 2.50 bits per heavy atom. The van der Waals surface area contributed by atoms with Gasteiger partial charge in [0.05, 0.1) is 13.7 Å². The van der Waals surface area contributed by atoms with Crippen LogP contribution in [0.2, 0.25) is 0 Å². The zero-order valence-electron chi connectivity index (χ0n) is 24.5. The van der Waals surface area contributed by atoms with E-state index in [0.717, 1.165) is 42.8 Å². The van der Waals surface area contributed by atoms with E-state index >= 15 is 4.39 Å². The van der Waals surface area contributed by atoms with Gasteiger partial charge in [-0.25, -0.2) is 4.39 Å². The highest BCUT2D eigenvalue weighted by atomic mass is 19.1. The Bertz CT molecular complexity index is 1270. The van der Waals surface area contributed by atoms with Gasteiger partial charge in [-0.05, 0) is 98.7 Å². The molecule has 7 heteroatoms.